The van der Waals surface area contributed by atoms with Gasteiger partial charge in [0.15, 0.2) is 0 Å². The number of rotatable bonds is 5. The van der Waals surface area contributed by atoms with E-state index in [1.54, 1.807) is 19.4 Å². The average molecular weight is 457 g/mol. The second-order valence-electron chi connectivity index (χ2n) is 8.98. The molecule has 0 radical (unpaired) electrons. The van der Waals surface area contributed by atoms with Crippen LogP contribution in [0.4, 0.5) is 10.5 Å². The summed E-state index contributed by atoms with van der Waals surface area (Å²) in [7, 11) is 1.60. The highest BCUT2D eigenvalue weighted by Gasteiger charge is 2.40. The first-order chi connectivity index (χ1) is 15.3. The number of fused-ring (bicyclic) bond motifs is 1. The quantitative estimate of drug-likeness (QED) is 0.490. The number of carbonyl (C=O) groups excluding carboxylic acids is 1. The number of aliphatic hydroxyl groups excluding tert-OH is 1. The molecule has 1 aliphatic rings. The number of halogens is 1. The molecule has 0 aliphatic carbocycles. The van der Waals surface area contributed by atoms with E-state index in [-0.39, 0.29) is 11.9 Å². The molecule has 0 spiro atoms. The summed E-state index contributed by atoms with van der Waals surface area (Å²) in [6.07, 6.45) is 2.61. The summed E-state index contributed by atoms with van der Waals surface area (Å²) < 4.78 is 5.22. The summed E-state index contributed by atoms with van der Waals surface area (Å²) in [6.45, 7) is 5.42. The normalized spacial score (nSPS) is 16.2. The fourth-order valence-electron chi connectivity index (χ4n) is 4.62. The van der Waals surface area contributed by atoms with Gasteiger partial charge < -0.3 is 20.1 Å². The summed E-state index contributed by atoms with van der Waals surface area (Å²) in [5, 5.41) is 22.8. The molecule has 1 atom stereocenters. The molecule has 1 fully saturated rings. The van der Waals surface area contributed by atoms with E-state index < -0.39 is 11.5 Å². The van der Waals surface area contributed by atoms with Crippen LogP contribution in [0.25, 0.3) is 10.9 Å². The molecule has 4 rings (SSSR count). The second kappa shape index (κ2) is 9.00. The minimum Gasteiger partial charge on any atom is -0.497 e. The summed E-state index contributed by atoms with van der Waals surface area (Å²) in [5.41, 5.74) is 1.87. The Morgan fingerprint density at radius 1 is 1.31 bits per heavy atom. The fraction of sp³-hybridized carbons (Fsp3) is 0.417. The van der Waals surface area contributed by atoms with Crippen molar-refractivity contribution < 1.29 is 14.6 Å². The van der Waals surface area contributed by atoms with Gasteiger partial charge in [-0.2, -0.15) is 5.10 Å². The van der Waals surface area contributed by atoms with E-state index in [0.717, 1.165) is 29.3 Å². The summed E-state index contributed by atoms with van der Waals surface area (Å²) >= 11 is 6.29. The number of ether oxygens (including phenoxy) is 1. The van der Waals surface area contributed by atoms with Crippen LogP contribution in [0.3, 0.4) is 0 Å². The molecule has 1 aromatic heterocycles. The number of hydrogen-bond acceptors (Lipinski definition) is 4. The molecule has 1 aliphatic heterocycles. The lowest BCUT2D eigenvalue weighted by atomic mass is 9.68. The lowest BCUT2D eigenvalue weighted by Crippen LogP contribution is -2.45. The first-order valence-electron chi connectivity index (χ1n) is 10.8. The largest absolute Gasteiger partial charge is 0.497 e. The van der Waals surface area contributed by atoms with Gasteiger partial charge in [-0.3, -0.25) is 5.10 Å². The molecule has 3 aromatic rings. The zero-order valence-electron chi connectivity index (χ0n) is 18.6. The standard InChI is InChI=1S/C24H29ClN4O3/c1-24(2,22(30)20-12-17(25)11-15-14-26-28-21(15)20)16-7-9-29(10-8-16)23(31)27-18-5-4-6-19(13-18)32-3/h4-6,11-14,16,22,30H,7-10H2,1-3H3,(H,26,28)(H,27,31). The van der Waals surface area contributed by atoms with Crippen LogP contribution in [-0.2, 0) is 0 Å². The van der Waals surface area contributed by atoms with Crippen LogP contribution in [-0.4, -0.2) is 46.4 Å². The number of H-pyrrole nitrogens is 1. The van der Waals surface area contributed by atoms with Gasteiger partial charge in [0, 0.05) is 40.8 Å². The van der Waals surface area contributed by atoms with Gasteiger partial charge in [-0.1, -0.05) is 31.5 Å². The van der Waals surface area contributed by atoms with Crippen LogP contribution in [0, 0.1) is 11.3 Å². The number of urea groups is 1. The van der Waals surface area contributed by atoms with Crippen molar-refractivity contribution >= 4 is 34.2 Å². The average Bonchev–Trinajstić information content (AvgIpc) is 3.26. The van der Waals surface area contributed by atoms with Gasteiger partial charge in [0.1, 0.15) is 5.75 Å². The molecule has 1 saturated heterocycles. The minimum absolute atomic E-state index is 0.121. The van der Waals surface area contributed by atoms with Crippen molar-refractivity contribution in [2.75, 3.05) is 25.5 Å². The van der Waals surface area contributed by atoms with Gasteiger partial charge in [0.2, 0.25) is 0 Å². The predicted octanol–water partition coefficient (Wildman–Crippen LogP) is 5.23. The van der Waals surface area contributed by atoms with Crippen LogP contribution >= 0.6 is 11.6 Å². The van der Waals surface area contributed by atoms with E-state index in [0.29, 0.717) is 29.5 Å². The van der Waals surface area contributed by atoms with Gasteiger partial charge in [0.05, 0.1) is 24.9 Å². The highest BCUT2D eigenvalue weighted by molar-refractivity contribution is 6.31. The third-order valence-corrected chi connectivity index (χ3v) is 6.92. The van der Waals surface area contributed by atoms with E-state index in [2.05, 4.69) is 29.4 Å². The van der Waals surface area contributed by atoms with E-state index >= 15 is 0 Å². The molecule has 2 amide bonds. The molecule has 32 heavy (non-hydrogen) atoms. The van der Waals surface area contributed by atoms with Gasteiger partial charge >= 0.3 is 6.03 Å². The maximum absolute atomic E-state index is 12.7. The molecule has 2 aromatic carbocycles. The number of nitrogens with zero attached hydrogens (tertiary/aromatic N) is 2. The smallest absolute Gasteiger partial charge is 0.321 e. The highest BCUT2D eigenvalue weighted by atomic mass is 35.5. The molecule has 1 unspecified atom stereocenters. The van der Waals surface area contributed by atoms with E-state index in [4.69, 9.17) is 16.3 Å². The number of anilines is 1. The van der Waals surface area contributed by atoms with Crippen molar-refractivity contribution in [1.29, 1.82) is 0 Å². The maximum Gasteiger partial charge on any atom is 0.321 e. The zero-order chi connectivity index (χ0) is 22.9. The lowest BCUT2D eigenvalue weighted by molar-refractivity contribution is -0.0138. The Morgan fingerprint density at radius 2 is 2.06 bits per heavy atom. The number of likely N-dealkylation sites (tertiary alicyclic amines) is 1. The number of benzene rings is 2. The van der Waals surface area contributed by atoms with Crippen LogP contribution in [0.1, 0.15) is 38.4 Å². The van der Waals surface area contributed by atoms with Crippen LogP contribution < -0.4 is 10.1 Å². The van der Waals surface area contributed by atoms with Crippen molar-refractivity contribution in [3.8, 4) is 5.75 Å². The fourth-order valence-corrected chi connectivity index (χ4v) is 4.85. The van der Waals surface area contributed by atoms with Crippen molar-refractivity contribution in [3.05, 3.63) is 53.2 Å². The number of aromatic nitrogens is 2. The second-order valence-corrected chi connectivity index (χ2v) is 9.41. The molecule has 0 saturated carbocycles. The van der Waals surface area contributed by atoms with Crippen molar-refractivity contribution in [2.24, 2.45) is 11.3 Å². The molecule has 2 heterocycles. The van der Waals surface area contributed by atoms with Crippen LogP contribution in [0.2, 0.25) is 5.02 Å². The number of nitrogens with one attached hydrogen (secondary N) is 2. The summed E-state index contributed by atoms with van der Waals surface area (Å²) in [6, 6.07) is 10.8. The maximum atomic E-state index is 12.7. The van der Waals surface area contributed by atoms with E-state index in [1.807, 2.05) is 35.2 Å². The summed E-state index contributed by atoms with van der Waals surface area (Å²) in [4.78, 5) is 14.6. The number of aromatic amines is 1. The monoisotopic (exact) mass is 456 g/mol. The Bertz CT molecular complexity index is 1110. The zero-order valence-corrected chi connectivity index (χ0v) is 19.3. The highest BCUT2D eigenvalue weighted by Crippen LogP contribution is 2.46. The number of aliphatic hydroxyl groups is 1. The predicted molar refractivity (Wildman–Crippen MR) is 126 cm³/mol. The third-order valence-electron chi connectivity index (χ3n) is 6.70. The number of piperidine rings is 1. The van der Waals surface area contributed by atoms with Crippen molar-refractivity contribution in [2.45, 2.75) is 32.8 Å². The minimum atomic E-state index is -0.716. The Hall–Kier alpha value is -2.77. The molecule has 7 nitrogen and oxygen atoms in total. The number of carbonyl (C=O) groups is 1. The number of methoxy groups -OCH3 is 1. The van der Waals surface area contributed by atoms with Crippen LogP contribution in [0.15, 0.2) is 42.6 Å². The Kier molecular flexibility index (Phi) is 6.31. The Balaban J connectivity index is 1.42. The SMILES string of the molecule is COc1cccc(NC(=O)N2CCC(C(C)(C)C(O)c3cc(Cl)cc4cn[nH]c34)CC2)c1. The van der Waals surface area contributed by atoms with Gasteiger partial charge in [0.25, 0.3) is 0 Å². The van der Waals surface area contributed by atoms with Gasteiger partial charge in [-0.15, -0.1) is 0 Å². The van der Waals surface area contributed by atoms with Crippen molar-refractivity contribution in [3.63, 3.8) is 0 Å². The molecule has 170 valence electrons. The molecular weight excluding hydrogens is 428 g/mol. The topological polar surface area (TPSA) is 90.5 Å². The summed E-state index contributed by atoms with van der Waals surface area (Å²) in [5.74, 6) is 0.944. The molecular formula is C24H29ClN4O3. The first kappa shape index (κ1) is 22.4. The Morgan fingerprint density at radius 3 is 2.78 bits per heavy atom. The first-order valence-corrected chi connectivity index (χ1v) is 11.2. The van der Waals surface area contributed by atoms with Crippen molar-refractivity contribution in [1.82, 2.24) is 15.1 Å². The molecule has 0 bridgehead atoms. The number of amides is 2. The number of hydrogen-bond donors (Lipinski definition) is 3. The third kappa shape index (κ3) is 4.40. The van der Waals surface area contributed by atoms with Crippen LogP contribution in [0.5, 0.6) is 5.75 Å². The van der Waals surface area contributed by atoms with Gasteiger partial charge in [-0.05, 0) is 48.4 Å². The van der Waals surface area contributed by atoms with E-state index in [9.17, 15) is 9.90 Å². The Labute approximate surface area is 192 Å². The molecule has 3 N–H and O–H groups in total. The van der Waals surface area contributed by atoms with Gasteiger partial charge in [-0.25, -0.2) is 4.79 Å². The van der Waals surface area contributed by atoms with E-state index in [1.165, 1.54) is 0 Å². The molecule has 8 heteroatoms. The lowest BCUT2D eigenvalue weighted by Gasteiger charge is -2.43.